The van der Waals surface area contributed by atoms with Crippen LogP contribution in [0.3, 0.4) is 0 Å². The first-order chi connectivity index (χ1) is 8.64. The third kappa shape index (κ3) is 2.84. The average molecular weight is 254 g/mol. The van der Waals surface area contributed by atoms with Crippen molar-refractivity contribution in [1.29, 1.82) is 0 Å². The summed E-state index contributed by atoms with van der Waals surface area (Å²) in [4.78, 5) is 11.6. The topological polar surface area (TPSA) is 90.1 Å². The highest BCUT2D eigenvalue weighted by molar-refractivity contribution is 5.85. The molecule has 1 N–H and O–H groups in total. The first-order valence-corrected chi connectivity index (χ1v) is 6.30. The van der Waals surface area contributed by atoms with Gasteiger partial charge in [-0.2, -0.15) is 0 Å². The molecule has 2 rings (SSSR count). The van der Waals surface area contributed by atoms with Gasteiger partial charge in [-0.1, -0.05) is 19.3 Å². The van der Waals surface area contributed by atoms with Crippen LogP contribution in [0.25, 0.3) is 0 Å². The van der Waals surface area contributed by atoms with Crippen molar-refractivity contribution in [1.82, 2.24) is 20.2 Å². The number of aliphatic hydroxyl groups is 1. The second kappa shape index (κ2) is 5.43. The Hall–Kier alpha value is -1.50. The normalized spacial score (nSPS) is 18.6. The Morgan fingerprint density at radius 2 is 2.17 bits per heavy atom. The van der Waals surface area contributed by atoms with Gasteiger partial charge in [-0.3, -0.25) is 0 Å². The molecule has 0 aromatic carbocycles. The van der Waals surface area contributed by atoms with E-state index in [1.807, 2.05) is 0 Å². The minimum Gasteiger partial charge on any atom is -0.460 e. The molecule has 1 fully saturated rings. The van der Waals surface area contributed by atoms with E-state index in [0.717, 1.165) is 32.1 Å². The van der Waals surface area contributed by atoms with Crippen LogP contribution in [0.1, 0.15) is 49.6 Å². The lowest BCUT2D eigenvalue weighted by molar-refractivity contribution is -0.0157. The minimum atomic E-state index is -0.811. The number of rotatable bonds is 4. The number of hydrogen-bond acceptors (Lipinski definition) is 6. The van der Waals surface area contributed by atoms with E-state index < -0.39 is 11.6 Å². The summed E-state index contributed by atoms with van der Waals surface area (Å²) in [5.41, 5.74) is -0.811. The second-order valence-electron chi connectivity index (χ2n) is 4.67. The van der Waals surface area contributed by atoms with Crippen LogP contribution in [-0.4, -0.2) is 43.5 Å². The Morgan fingerprint density at radius 1 is 1.44 bits per heavy atom. The smallest absolute Gasteiger partial charge is 0.378 e. The highest BCUT2D eigenvalue weighted by atomic mass is 16.5. The van der Waals surface area contributed by atoms with Gasteiger partial charge in [0, 0.05) is 0 Å². The van der Waals surface area contributed by atoms with Gasteiger partial charge in [0.1, 0.15) is 0 Å². The van der Waals surface area contributed by atoms with Crippen molar-refractivity contribution in [3.63, 3.8) is 0 Å². The molecule has 0 unspecified atom stereocenters. The van der Waals surface area contributed by atoms with Crippen molar-refractivity contribution in [3.05, 3.63) is 5.82 Å². The standard InChI is InChI=1S/C11H18N4O3/c1-2-18-10(16)9-12-13-14-15(9)8-11(17)6-4-3-5-7-11/h17H,2-8H2,1H3. The van der Waals surface area contributed by atoms with E-state index in [1.54, 1.807) is 6.92 Å². The second-order valence-corrected chi connectivity index (χ2v) is 4.67. The molecule has 1 aromatic rings. The SMILES string of the molecule is CCOC(=O)c1nnnn1CC1(O)CCCCC1. The fourth-order valence-electron chi connectivity index (χ4n) is 2.30. The average Bonchev–Trinajstić information content (AvgIpc) is 2.77. The Morgan fingerprint density at radius 3 is 2.83 bits per heavy atom. The summed E-state index contributed by atoms with van der Waals surface area (Å²) in [5, 5.41) is 21.3. The number of ether oxygens (including phenoxy) is 1. The Bertz CT molecular complexity index is 412. The van der Waals surface area contributed by atoms with E-state index in [2.05, 4.69) is 15.5 Å². The predicted octanol–water partition coefficient (Wildman–Crippen LogP) is 0.545. The van der Waals surface area contributed by atoms with Gasteiger partial charge < -0.3 is 9.84 Å². The fourth-order valence-corrected chi connectivity index (χ4v) is 2.30. The molecule has 1 saturated carbocycles. The third-order valence-corrected chi connectivity index (χ3v) is 3.22. The van der Waals surface area contributed by atoms with E-state index in [0.29, 0.717) is 0 Å². The maximum absolute atomic E-state index is 11.6. The van der Waals surface area contributed by atoms with Crippen molar-refractivity contribution in [3.8, 4) is 0 Å². The Labute approximate surface area is 105 Å². The molecule has 7 nitrogen and oxygen atoms in total. The molecule has 0 aliphatic heterocycles. The molecule has 0 atom stereocenters. The molecule has 1 aliphatic carbocycles. The quantitative estimate of drug-likeness (QED) is 0.789. The van der Waals surface area contributed by atoms with Crippen molar-refractivity contribution < 1.29 is 14.6 Å². The Balaban J connectivity index is 2.09. The number of carbonyl (C=O) groups excluding carboxylic acids is 1. The molecule has 18 heavy (non-hydrogen) atoms. The lowest BCUT2D eigenvalue weighted by Crippen LogP contribution is -2.37. The van der Waals surface area contributed by atoms with Gasteiger partial charge in [-0.25, -0.2) is 9.48 Å². The number of carbonyl (C=O) groups is 1. The van der Waals surface area contributed by atoms with E-state index in [-0.39, 0.29) is 19.0 Å². The fraction of sp³-hybridized carbons (Fsp3) is 0.818. The number of hydrogen-bond donors (Lipinski definition) is 1. The largest absolute Gasteiger partial charge is 0.460 e. The minimum absolute atomic E-state index is 0.0517. The van der Waals surface area contributed by atoms with E-state index in [9.17, 15) is 9.90 Å². The molecule has 7 heteroatoms. The maximum Gasteiger partial charge on any atom is 0.378 e. The molecule has 1 aliphatic rings. The summed E-state index contributed by atoms with van der Waals surface area (Å²) < 4.78 is 6.20. The van der Waals surface area contributed by atoms with Gasteiger partial charge in [0.05, 0.1) is 18.8 Å². The monoisotopic (exact) mass is 254 g/mol. The van der Waals surface area contributed by atoms with Gasteiger partial charge >= 0.3 is 5.97 Å². The molecule has 0 amide bonds. The molecule has 0 saturated heterocycles. The number of tetrazole rings is 1. The third-order valence-electron chi connectivity index (χ3n) is 3.22. The van der Waals surface area contributed by atoms with Crippen LogP contribution in [0.4, 0.5) is 0 Å². The molecular weight excluding hydrogens is 236 g/mol. The van der Waals surface area contributed by atoms with Crippen molar-refractivity contribution in [2.75, 3.05) is 6.61 Å². The van der Waals surface area contributed by atoms with Crippen molar-refractivity contribution in [2.24, 2.45) is 0 Å². The summed E-state index contributed by atoms with van der Waals surface area (Å²) in [6, 6.07) is 0. The lowest BCUT2D eigenvalue weighted by atomic mass is 9.85. The molecule has 1 aromatic heterocycles. The molecular formula is C11H18N4O3. The van der Waals surface area contributed by atoms with Crippen LogP contribution < -0.4 is 0 Å². The summed E-state index contributed by atoms with van der Waals surface area (Å²) >= 11 is 0. The van der Waals surface area contributed by atoms with Crippen LogP contribution >= 0.6 is 0 Å². The van der Waals surface area contributed by atoms with Crippen LogP contribution in [-0.2, 0) is 11.3 Å². The first-order valence-electron chi connectivity index (χ1n) is 6.30. The summed E-state index contributed by atoms with van der Waals surface area (Å²) in [6.07, 6.45) is 4.56. The van der Waals surface area contributed by atoms with Gasteiger partial charge in [-0.15, -0.1) is 5.10 Å². The maximum atomic E-state index is 11.6. The van der Waals surface area contributed by atoms with Crippen LogP contribution in [0.2, 0.25) is 0 Å². The highest BCUT2D eigenvalue weighted by Crippen LogP contribution is 2.29. The van der Waals surface area contributed by atoms with Gasteiger partial charge in [0.25, 0.3) is 5.82 Å². The van der Waals surface area contributed by atoms with Crippen LogP contribution in [0.15, 0.2) is 0 Å². The summed E-state index contributed by atoms with van der Waals surface area (Å²) in [7, 11) is 0. The van der Waals surface area contributed by atoms with Gasteiger partial charge in [0.15, 0.2) is 0 Å². The van der Waals surface area contributed by atoms with Crippen LogP contribution in [0.5, 0.6) is 0 Å². The number of nitrogens with zero attached hydrogens (tertiary/aromatic N) is 4. The highest BCUT2D eigenvalue weighted by Gasteiger charge is 2.32. The molecule has 0 bridgehead atoms. The zero-order chi connectivity index (χ0) is 13.0. The summed E-state index contributed by atoms with van der Waals surface area (Å²) in [5.74, 6) is -0.502. The van der Waals surface area contributed by atoms with E-state index >= 15 is 0 Å². The zero-order valence-electron chi connectivity index (χ0n) is 10.5. The summed E-state index contributed by atoms with van der Waals surface area (Å²) in [6.45, 7) is 2.24. The van der Waals surface area contributed by atoms with Crippen LogP contribution in [0, 0.1) is 0 Å². The lowest BCUT2D eigenvalue weighted by Gasteiger charge is -2.31. The van der Waals surface area contributed by atoms with E-state index in [1.165, 1.54) is 4.68 Å². The van der Waals surface area contributed by atoms with Gasteiger partial charge in [-0.05, 0) is 30.2 Å². The van der Waals surface area contributed by atoms with Gasteiger partial charge in [0.2, 0.25) is 0 Å². The number of esters is 1. The van der Waals surface area contributed by atoms with Crippen molar-refractivity contribution in [2.45, 2.75) is 51.2 Å². The molecule has 0 spiro atoms. The molecule has 0 radical (unpaired) electrons. The molecule has 100 valence electrons. The van der Waals surface area contributed by atoms with E-state index in [4.69, 9.17) is 4.74 Å². The Kier molecular flexibility index (Phi) is 3.90. The zero-order valence-corrected chi connectivity index (χ0v) is 10.5. The molecule has 1 heterocycles. The first kappa shape index (κ1) is 12.9. The predicted molar refractivity (Wildman–Crippen MR) is 61.8 cm³/mol. The number of aromatic nitrogens is 4. The van der Waals surface area contributed by atoms with Crippen molar-refractivity contribution >= 4 is 5.97 Å².